The molecular formula is C19H26F2N2O3. The summed E-state index contributed by atoms with van der Waals surface area (Å²) in [4.78, 5) is 15.8. The summed E-state index contributed by atoms with van der Waals surface area (Å²) in [5.74, 6) is -0.942. The largest absolute Gasteiger partial charge is 0.497 e. The van der Waals surface area contributed by atoms with Gasteiger partial charge in [0.1, 0.15) is 17.4 Å². The molecule has 7 heteroatoms. The minimum Gasteiger partial charge on any atom is -0.497 e. The van der Waals surface area contributed by atoms with Gasteiger partial charge < -0.3 is 14.7 Å². The Bertz CT molecular complexity index is 647. The van der Waals surface area contributed by atoms with Crippen molar-refractivity contribution in [2.24, 2.45) is 5.41 Å². The number of hydrogen-bond donors (Lipinski definition) is 1. The third kappa shape index (κ3) is 3.99. The highest BCUT2D eigenvalue weighted by molar-refractivity contribution is 5.77. The van der Waals surface area contributed by atoms with Gasteiger partial charge in [-0.05, 0) is 25.8 Å². The van der Waals surface area contributed by atoms with Gasteiger partial charge in [-0.3, -0.25) is 9.69 Å². The first kappa shape index (κ1) is 19.0. The van der Waals surface area contributed by atoms with E-state index in [4.69, 9.17) is 4.74 Å². The van der Waals surface area contributed by atoms with E-state index in [9.17, 15) is 18.7 Å². The minimum absolute atomic E-state index is 0.0478. The van der Waals surface area contributed by atoms with Crippen LogP contribution in [0.1, 0.15) is 31.2 Å². The molecule has 144 valence electrons. The molecule has 5 nitrogen and oxygen atoms in total. The second kappa shape index (κ2) is 7.88. The fourth-order valence-electron chi connectivity index (χ4n) is 4.28. The van der Waals surface area contributed by atoms with Gasteiger partial charge in [0.05, 0.1) is 13.7 Å². The molecule has 0 saturated carbocycles. The highest BCUT2D eigenvalue weighted by Crippen LogP contribution is 2.39. The highest BCUT2D eigenvalue weighted by atomic mass is 19.1. The molecule has 0 aliphatic carbocycles. The molecule has 1 spiro atoms. The molecule has 2 aliphatic heterocycles. The molecule has 3 rings (SSSR count). The topological polar surface area (TPSA) is 53.0 Å². The van der Waals surface area contributed by atoms with Crippen molar-refractivity contribution in [2.45, 2.75) is 32.2 Å². The first-order valence-electron chi connectivity index (χ1n) is 9.09. The smallest absolute Gasteiger partial charge is 0.222 e. The van der Waals surface area contributed by atoms with Gasteiger partial charge in [-0.2, -0.15) is 0 Å². The molecule has 1 atom stereocenters. The molecule has 1 aromatic carbocycles. The Morgan fingerprint density at radius 3 is 2.62 bits per heavy atom. The number of piperidine rings is 2. The third-order valence-corrected chi connectivity index (χ3v) is 5.59. The quantitative estimate of drug-likeness (QED) is 0.866. The van der Waals surface area contributed by atoms with Crippen LogP contribution in [-0.2, 0) is 11.3 Å². The van der Waals surface area contributed by atoms with Gasteiger partial charge in [0.2, 0.25) is 5.91 Å². The summed E-state index contributed by atoms with van der Waals surface area (Å²) in [6.07, 6.45) is 3.18. The van der Waals surface area contributed by atoms with Gasteiger partial charge in [-0.25, -0.2) is 8.78 Å². The normalized spacial score (nSPS) is 24.3. The van der Waals surface area contributed by atoms with Crippen molar-refractivity contribution in [3.8, 4) is 5.75 Å². The zero-order valence-electron chi connectivity index (χ0n) is 15.1. The van der Waals surface area contributed by atoms with Crippen molar-refractivity contribution in [1.82, 2.24) is 9.80 Å². The van der Waals surface area contributed by atoms with E-state index in [-0.39, 0.29) is 35.8 Å². The van der Waals surface area contributed by atoms with Gasteiger partial charge >= 0.3 is 0 Å². The number of hydrogen-bond acceptors (Lipinski definition) is 4. The lowest BCUT2D eigenvalue weighted by molar-refractivity contribution is -0.140. The number of carbonyl (C=O) groups excluding carboxylic acids is 1. The summed E-state index contributed by atoms with van der Waals surface area (Å²) in [5, 5.41) is 9.18. The fraction of sp³-hybridized carbons (Fsp3) is 0.632. The number of nitrogens with zero attached hydrogens (tertiary/aromatic N) is 2. The summed E-state index contributed by atoms with van der Waals surface area (Å²) in [6.45, 7) is 2.59. The van der Waals surface area contributed by atoms with Crippen molar-refractivity contribution < 1.29 is 23.4 Å². The number of aliphatic hydroxyl groups excluding tert-OH is 1. The average Bonchev–Trinajstić information content (AvgIpc) is 2.62. The number of rotatable bonds is 5. The molecule has 0 unspecified atom stereocenters. The van der Waals surface area contributed by atoms with Gasteiger partial charge in [-0.15, -0.1) is 0 Å². The SMILES string of the molecule is COc1cc(F)c(CN2CCC[C@]3(CCC(=O)N(CCO)C3)C2)c(F)c1. The number of amides is 1. The van der Waals surface area contributed by atoms with Gasteiger partial charge in [0.25, 0.3) is 0 Å². The van der Waals surface area contributed by atoms with E-state index in [0.29, 0.717) is 26.1 Å². The monoisotopic (exact) mass is 368 g/mol. The Hall–Kier alpha value is -1.73. The van der Waals surface area contributed by atoms with Crippen LogP contribution in [0.5, 0.6) is 5.75 Å². The Labute approximate surface area is 152 Å². The first-order chi connectivity index (χ1) is 12.5. The van der Waals surface area contributed by atoms with E-state index in [1.165, 1.54) is 19.2 Å². The van der Waals surface area contributed by atoms with Crippen molar-refractivity contribution in [3.05, 3.63) is 29.3 Å². The molecule has 0 bridgehead atoms. The maximum atomic E-state index is 14.3. The summed E-state index contributed by atoms with van der Waals surface area (Å²) in [5.41, 5.74) is 0.00255. The van der Waals surface area contributed by atoms with Crippen LogP contribution in [0, 0.1) is 17.0 Å². The number of benzene rings is 1. The van der Waals surface area contributed by atoms with E-state index in [1.54, 1.807) is 4.90 Å². The molecule has 2 saturated heterocycles. The summed E-state index contributed by atoms with van der Waals surface area (Å²) < 4.78 is 33.5. The molecule has 2 aliphatic rings. The fourth-order valence-corrected chi connectivity index (χ4v) is 4.28. The van der Waals surface area contributed by atoms with Crippen LogP contribution in [-0.4, -0.2) is 60.7 Å². The molecular weight excluding hydrogens is 342 g/mol. The van der Waals surface area contributed by atoms with Crippen LogP contribution in [0.15, 0.2) is 12.1 Å². The van der Waals surface area contributed by atoms with E-state index in [2.05, 4.69) is 4.90 Å². The Morgan fingerprint density at radius 2 is 1.96 bits per heavy atom. The number of likely N-dealkylation sites (tertiary alicyclic amines) is 2. The van der Waals surface area contributed by atoms with Crippen molar-refractivity contribution in [3.63, 3.8) is 0 Å². The summed E-state index contributed by atoms with van der Waals surface area (Å²) >= 11 is 0. The average molecular weight is 368 g/mol. The Kier molecular flexibility index (Phi) is 5.77. The van der Waals surface area contributed by atoms with Crippen LogP contribution in [0.2, 0.25) is 0 Å². The van der Waals surface area contributed by atoms with Crippen LogP contribution >= 0.6 is 0 Å². The minimum atomic E-state index is -0.595. The van der Waals surface area contributed by atoms with Gasteiger partial charge in [0.15, 0.2) is 0 Å². The van der Waals surface area contributed by atoms with Crippen LogP contribution in [0.4, 0.5) is 8.78 Å². The number of methoxy groups -OCH3 is 1. The number of aliphatic hydroxyl groups is 1. The van der Waals surface area contributed by atoms with E-state index in [1.807, 2.05) is 0 Å². The van der Waals surface area contributed by atoms with E-state index >= 15 is 0 Å². The molecule has 1 aromatic rings. The van der Waals surface area contributed by atoms with Gasteiger partial charge in [0, 0.05) is 55.7 Å². The van der Waals surface area contributed by atoms with Crippen LogP contribution < -0.4 is 4.74 Å². The summed E-state index contributed by atoms with van der Waals surface area (Å²) in [7, 11) is 1.38. The molecule has 0 radical (unpaired) electrons. The number of ether oxygens (including phenoxy) is 1. The lowest BCUT2D eigenvalue weighted by Crippen LogP contribution is -2.54. The molecule has 0 aromatic heterocycles. The second-order valence-electron chi connectivity index (χ2n) is 7.42. The molecule has 1 amide bonds. The first-order valence-corrected chi connectivity index (χ1v) is 9.09. The van der Waals surface area contributed by atoms with Crippen molar-refractivity contribution >= 4 is 5.91 Å². The highest BCUT2D eigenvalue weighted by Gasteiger charge is 2.41. The summed E-state index contributed by atoms with van der Waals surface area (Å²) in [6, 6.07) is 2.42. The zero-order valence-corrected chi connectivity index (χ0v) is 15.1. The lowest BCUT2D eigenvalue weighted by Gasteiger charge is -2.48. The predicted octanol–water partition coefficient (Wildman–Crippen LogP) is 2.17. The molecule has 2 fully saturated rings. The number of β-amino-alcohol motifs (C(OH)–C–C–N with tert-alkyl or cyclic N) is 1. The number of carbonyl (C=O) groups is 1. The molecule has 1 N–H and O–H groups in total. The Morgan fingerprint density at radius 1 is 1.23 bits per heavy atom. The molecule has 2 heterocycles. The Balaban J connectivity index is 1.72. The van der Waals surface area contributed by atoms with Crippen molar-refractivity contribution in [2.75, 3.05) is 39.9 Å². The maximum Gasteiger partial charge on any atom is 0.222 e. The predicted molar refractivity (Wildman–Crippen MR) is 92.8 cm³/mol. The lowest BCUT2D eigenvalue weighted by atomic mass is 9.73. The van der Waals surface area contributed by atoms with Gasteiger partial charge in [-0.1, -0.05) is 0 Å². The third-order valence-electron chi connectivity index (χ3n) is 5.59. The van der Waals surface area contributed by atoms with E-state index in [0.717, 1.165) is 25.8 Å². The second-order valence-corrected chi connectivity index (χ2v) is 7.42. The number of halogens is 2. The standard InChI is InChI=1S/C19H26F2N2O3/c1-26-14-9-16(20)15(17(21)10-14)11-22-6-2-4-19(12-22)5-3-18(25)23(13-19)7-8-24/h9-10,24H,2-8,11-13H2,1H3/t19-/m0/s1. The van der Waals surface area contributed by atoms with Crippen molar-refractivity contribution in [1.29, 1.82) is 0 Å². The van der Waals surface area contributed by atoms with Crippen LogP contribution in [0.3, 0.4) is 0 Å². The van der Waals surface area contributed by atoms with E-state index < -0.39 is 11.6 Å². The maximum absolute atomic E-state index is 14.3. The molecule has 26 heavy (non-hydrogen) atoms. The van der Waals surface area contributed by atoms with Crippen LogP contribution in [0.25, 0.3) is 0 Å². The zero-order chi connectivity index (χ0) is 18.7.